The molecule has 1 aromatic carbocycles. The monoisotopic (exact) mass is 377 g/mol. The van der Waals surface area contributed by atoms with Crippen molar-refractivity contribution in [3.63, 3.8) is 0 Å². The van der Waals surface area contributed by atoms with E-state index in [1.54, 1.807) is 18.2 Å². The normalized spacial score (nSPS) is 17.0. The van der Waals surface area contributed by atoms with Crippen LogP contribution in [0.15, 0.2) is 18.2 Å². The molecule has 0 saturated heterocycles. The number of carbonyl (C=O) groups excluding carboxylic acids is 2. The average Bonchev–Trinajstić information content (AvgIpc) is 2.69. The molecule has 1 aliphatic rings. The molecule has 27 heavy (non-hydrogen) atoms. The number of hydrogen-bond donors (Lipinski definition) is 1. The third-order valence-electron chi connectivity index (χ3n) is 5.04. The van der Waals surface area contributed by atoms with Gasteiger partial charge in [-0.05, 0) is 51.3 Å². The minimum Gasteiger partial charge on any atom is -0.490 e. The molecule has 1 fully saturated rings. The van der Waals surface area contributed by atoms with Crippen LogP contribution in [0.5, 0.6) is 5.75 Å². The summed E-state index contributed by atoms with van der Waals surface area (Å²) < 4.78 is 16.6. The molecule has 0 spiro atoms. The Morgan fingerprint density at radius 2 is 1.89 bits per heavy atom. The van der Waals surface area contributed by atoms with E-state index < -0.39 is 11.6 Å². The Balaban J connectivity index is 2.24. The summed E-state index contributed by atoms with van der Waals surface area (Å²) in [5.41, 5.74) is 0.0379. The molecule has 0 aromatic heterocycles. The Morgan fingerprint density at radius 1 is 1.19 bits per heavy atom. The number of benzene rings is 1. The predicted octanol–water partition coefficient (Wildman–Crippen LogP) is 4.33. The molecule has 1 amide bonds. The van der Waals surface area contributed by atoms with E-state index in [1.807, 2.05) is 20.8 Å². The average molecular weight is 377 g/mol. The molecule has 0 radical (unpaired) electrons. The molecular weight excluding hydrogens is 346 g/mol. The summed E-state index contributed by atoms with van der Waals surface area (Å²) in [7, 11) is 1.33. The van der Waals surface area contributed by atoms with Crippen molar-refractivity contribution in [1.29, 1.82) is 0 Å². The lowest BCUT2D eigenvalue weighted by Gasteiger charge is -2.35. The molecule has 1 saturated carbocycles. The van der Waals surface area contributed by atoms with Crippen LogP contribution in [-0.4, -0.2) is 37.3 Å². The number of amides is 1. The fraction of sp³-hybridized carbons (Fsp3) is 0.619. The molecule has 6 heteroatoms. The topological polar surface area (TPSA) is 73.9 Å². The van der Waals surface area contributed by atoms with Crippen molar-refractivity contribution in [1.82, 2.24) is 0 Å². The highest BCUT2D eigenvalue weighted by Gasteiger charge is 2.40. The fourth-order valence-corrected chi connectivity index (χ4v) is 3.36. The van der Waals surface area contributed by atoms with Crippen molar-refractivity contribution in [2.45, 2.75) is 71.0 Å². The molecular formula is C21H31NO5. The van der Waals surface area contributed by atoms with Crippen LogP contribution >= 0.6 is 0 Å². The van der Waals surface area contributed by atoms with Crippen molar-refractivity contribution in [3.8, 4) is 5.75 Å². The maximum atomic E-state index is 13.0. The first-order valence-corrected chi connectivity index (χ1v) is 9.80. The molecule has 150 valence electrons. The van der Waals surface area contributed by atoms with E-state index in [9.17, 15) is 9.59 Å². The number of hydrogen-bond acceptors (Lipinski definition) is 5. The van der Waals surface area contributed by atoms with Gasteiger partial charge in [-0.15, -0.1) is 0 Å². The standard InChI is InChI=1S/C21H31NO5/c1-5-15(3)27-18-11-10-16(14-17(18)19(23)25-4)22-20(24)21(26-6-2)12-8-7-9-13-21/h10-11,14-15H,5-9,12-13H2,1-4H3,(H,22,24)/t15-/m1/s1. The van der Waals surface area contributed by atoms with E-state index in [0.717, 1.165) is 25.7 Å². The van der Waals surface area contributed by atoms with Crippen molar-refractivity contribution < 1.29 is 23.8 Å². The molecule has 0 heterocycles. The number of methoxy groups -OCH3 is 1. The third-order valence-corrected chi connectivity index (χ3v) is 5.04. The Kier molecular flexibility index (Phi) is 7.66. The lowest BCUT2D eigenvalue weighted by molar-refractivity contribution is -0.145. The van der Waals surface area contributed by atoms with Gasteiger partial charge in [0, 0.05) is 12.3 Å². The van der Waals surface area contributed by atoms with Crippen molar-refractivity contribution >= 4 is 17.6 Å². The maximum absolute atomic E-state index is 13.0. The molecule has 0 unspecified atom stereocenters. The third kappa shape index (κ3) is 5.22. The summed E-state index contributed by atoms with van der Waals surface area (Å²) in [6.45, 7) is 6.34. The van der Waals surface area contributed by atoms with Gasteiger partial charge in [0.1, 0.15) is 16.9 Å². The zero-order valence-electron chi connectivity index (χ0n) is 16.8. The van der Waals surface area contributed by atoms with Crippen LogP contribution in [0.2, 0.25) is 0 Å². The zero-order valence-corrected chi connectivity index (χ0v) is 16.8. The summed E-state index contributed by atoms with van der Waals surface area (Å²) >= 11 is 0. The number of ether oxygens (including phenoxy) is 3. The minimum absolute atomic E-state index is 0.0303. The predicted molar refractivity (Wildman–Crippen MR) is 104 cm³/mol. The van der Waals surface area contributed by atoms with E-state index in [0.29, 0.717) is 36.4 Å². The molecule has 1 atom stereocenters. The van der Waals surface area contributed by atoms with Gasteiger partial charge in [-0.3, -0.25) is 4.79 Å². The van der Waals surface area contributed by atoms with E-state index in [1.165, 1.54) is 7.11 Å². The van der Waals surface area contributed by atoms with Crippen LogP contribution in [0.25, 0.3) is 0 Å². The van der Waals surface area contributed by atoms with Crippen LogP contribution < -0.4 is 10.1 Å². The van der Waals surface area contributed by atoms with Gasteiger partial charge in [-0.1, -0.05) is 26.2 Å². The van der Waals surface area contributed by atoms with E-state index in [4.69, 9.17) is 14.2 Å². The summed E-state index contributed by atoms with van der Waals surface area (Å²) in [4.78, 5) is 25.1. The molecule has 1 aromatic rings. The van der Waals surface area contributed by atoms with Crippen LogP contribution in [0.4, 0.5) is 5.69 Å². The second kappa shape index (κ2) is 9.74. The smallest absolute Gasteiger partial charge is 0.341 e. The van der Waals surface area contributed by atoms with Gasteiger partial charge in [0.25, 0.3) is 5.91 Å². The van der Waals surface area contributed by atoms with Gasteiger partial charge >= 0.3 is 5.97 Å². The fourth-order valence-electron chi connectivity index (χ4n) is 3.36. The highest BCUT2D eigenvalue weighted by molar-refractivity contribution is 5.99. The number of carbonyl (C=O) groups is 2. The largest absolute Gasteiger partial charge is 0.490 e. The summed E-state index contributed by atoms with van der Waals surface area (Å²) in [6, 6.07) is 5.04. The lowest BCUT2D eigenvalue weighted by atomic mass is 9.83. The van der Waals surface area contributed by atoms with Crippen molar-refractivity contribution in [2.24, 2.45) is 0 Å². The van der Waals surface area contributed by atoms with Crippen LogP contribution in [0, 0.1) is 0 Å². The molecule has 6 nitrogen and oxygen atoms in total. The molecule has 0 bridgehead atoms. The first-order chi connectivity index (χ1) is 13.0. The van der Waals surface area contributed by atoms with E-state index in [-0.39, 0.29) is 12.0 Å². The second-order valence-electron chi connectivity index (χ2n) is 6.98. The maximum Gasteiger partial charge on any atom is 0.341 e. The molecule has 0 aliphatic heterocycles. The van der Waals surface area contributed by atoms with Crippen LogP contribution in [-0.2, 0) is 14.3 Å². The van der Waals surface area contributed by atoms with Crippen LogP contribution in [0.1, 0.15) is 69.7 Å². The number of esters is 1. The van der Waals surface area contributed by atoms with Gasteiger partial charge in [0.05, 0.1) is 13.2 Å². The molecule has 1 N–H and O–H groups in total. The van der Waals surface area contributed by atoms with E-state index in [2.05, 4.69) is 5.32 Å². The lowest BCUT2D eigenvalue weighted by Crippen LogP contribution is -2.47. The Bertz CT molecular complexity index is 646. The Morgan fingerprint density at radius 3 is 2.48 bits per heavy atom. The van der Waals surface area contributed by atoms with Crippen molar-refractivity contribution in [2.75, 3.05) is 19.0 Å². The number of rotatable bonds is 8. The highest BCUT2D eigenvalue weighted by atomic mass is 16.5. The van der Waals surface area contributed by atoms with Gasteiger partial charge in [0.2, 0.25) is 0 Å². The van der Waals surface area contributed by atoms with Crippen LogP contribution in [0.3, 0.4) is 0 Å². The minimum atomic E-state index is -0.787. The number of nitrogens with one attached hydrogen (secondary N) is 1. The van der Waals surface area contributed by atoms with Gasteiger partial charge in [0.15, 0.2) is 0 Å². The Hall–Kier alpha value is -2.08. The Labute approximate surface area is 161 Å². The van der Waals surface area contributed by atoms with Gasteiger partial charge < -0.3 is 19.5 Å². The zero-order chi connectivity index (χ0) is 19.9. The SMILES string of the molecule is CCOC1(C(=O)Nc2ccc(O[C@H](C)CC)c(C(=O)OC)c2)CCCCC1. The molecule has 1 aliphatic carbocycles. The highest BCUT2D eigenvalue weighted by Crippen LogP contribution is 2.33. The van der Waals surface area contributed by atoms with Gasteiger partial charge in [-0.2, -0.15) is 0 Å². The summed E-state index contributed by atoms with van der Waals surface area (Å²) in [5, 5.41) is 2.92. The first kappa shape index (κ1) is 21.2. The first-order valence-electron chi connectivity index (χ1n) is 9.80. The quantitative estimate of drug-likeness (QED) is 0.683. The van der Waals surface area contributed by atoms with E-state index >= 15 is 0 Å². The molecule has 2 rings (SSSR count). The summed E-state index contributed by atoms with van der Waals surface area (Å²) in [6.07, 6.45) is 5.28. The summed E-state index contributed by atoms with van der Waals surface area (Å²) in [5.74, 6) is -0.205. The number of anilines is 1. The second-order valence-corrected chi connectivity index (χ2v) is 6.98. The van der Waals surface area contributed by atoms with Crippen molar-refractivity contribution in [3.05, 3.63) is 23.8 Å². The van der Waals surface area contributed by atoms with Gasteiger partial charge in [-0.25, -0.2) is 4.79 Å².